The van der Waals surface area contributed by atoms with Crippen molar-refractivity contribution in [2.75, 3.05) is 20.1 Å². The fourth-order valence-corrected chi connectivity index (χ4v) is 2.82. The molecular formula is C10H16N2OS. The molecule has 0 spiro atoms. The Morgan fingerprint density at radius 3 is 2.86 bits per heavy atom. The van der Waals surface area contributed by atoms with Crippen LogP contribution < -0.4 is 0 Å². The van der Waals surface area contributed by atoms with Crippen molar-refractivity contribution in [1.29, 1.82) is 0 Å². The maximum absolute atomic E-state index is 8.93. The van der Waals surface area contributed by atoms with E-state index in [1.54, 1.807) is 11.3 Å². The minimum atomic E-state index is 0.0725. The van der Waals surface area contributed by atoms with E-state index in [1.165, 1.54) is 30.9 Å². The van der Waals surface area contributed by atoms with Crippen molar-refractivity contribution in [1.82, 2.24) is 9.88 Å². The summed E-state index contributed by atoms with van der Waals surface area (Å²) in [5, 5.41) is 12.1. The normalized spacial score (nSPS) is 20.1. The predicted molar refractivity (Wildman–Crippen MR) is 57.5 cm³/mol. The average Bonchev–Trinajstić information content (AvgIpc) is 2.67. The first-order valence-electron chi connectivity index (χ1n) is 5.03. The van der Waals surface area contributed by atoms with Crippen molar-refractivity contribution in [2.45, 2.75) is 25.4 Å². The molecule has 3 nitrogen and oxygen atoms in total. The Kier molecular flexibility index (Phi) is 3.15. The van der Waals surface area contributed by atoms with E-state index >= 15 is 0 Å². The fraction of sp³-hybridized carbons (Fsp3) is 0.700. The molecule has 1 aromatic heterocycles. The number of rotatable bonds is 2. The lowest BCUT2D eigenvalue weighted by Crippen LogP contribution is -2.29. The van der Waals surface area contributed by atoms with Gasteiger partial charge in [0.05, 0.1) is 17.3 Å². The van der Waals surface area contributed by atoms with Crippen molar-refractivity contribution >= 4 is 11.3 Å². The molecule has 14 heavy (non-hydrogen) atoms. The van der Waals surface area contributed by atoms with Gasteiger partial charge in [-0.3, -0.25) is 0 Å². The van der Waals surface area contributed by atoms with E-state index in [-0.39, 0.29) is 6.61 Å². The van der Waals surface area contributed by atoms with Crippen LogP contribution in [0.15, 0.2) is 5.38 Å². The largest absolute Gasteiger partial charge is 0.390 e. The highest BCUT2D eigenvalue weighted by atomic mass is 32.1. The zero-order valence-corrected chi connectivity index (χ0v) is 9.26. The maximum Gasteiger partial charge on any atom is 0.0961 e. The van der Waals surface area contributed by atoms with Crippen LogP contribution in [-0.2, 0) is 6.61 Å². The highest BCUT2D eigenvalue weighted by Crippen LogP contribution is 2.29. The van der Waals surface area contributed by atoms with Crippen molar-refractivity contribution in [2.24, 2.45) is 0 Å². The SMILES string of the molecule is CN1CCC(c2nc(CO)cs2)CC1. The second-order valence-electron chi connectivity index (χ2n) is 3.91. The second kappa shape index (κ2) is 4.38. The van der Waals surface area contributed by atoms with Crippen LogP contribution in [0.4, 0.5) is 0 Å². The van der Waals surface area contributed by atoms with Gasteiger partial charge in [0.25, 0.3) is 0 Å². The molecule has 1 fully saturated rings. The Morgan fingerprint density at radius 1 is 1.57 bits per heavy atom. The molecule has 0 bridgehead atoms. The Balaban J connectivity index is 2.01. The first kappa shape index (κ1) is 10.1. The minimum absolute atomic E-state index is 0.0725. The molecule has 1 aliphatic rings. The molecule has 0 atom stereocenters. The van der Waals surface area contributed by atoms with Crippen molar-refractivity contribution in [3.05, 3.63) is 16.1 Å². The van der Waals surface area contributed by atoms with E-state index in [1.807, 2.05) is 5.38 Å². The van der Waals surface area contributed by atoms with Crippen LogP contribution in [0.2, 0.25) is 0 Å². The molecule has 4 heteroatoms. The predicted octanol–water partition coefficient (Wildman–Crippen LogP) is 1.44. The van der Waals surface area contributed by atoms with Crippen LogP contribution in [0.25, 0.3) is 0 Å². The third-order valence-electron chi connectivity index (χ3n) is 2.80. The van der Waals surface area contributed by atoms with Crippen LogP contribution in [0.5, 0.6) is 0 Å². The van der Waals surface area contributed by atoms with E-state index in [4.69, 9.17) is 5.11 Å². The first-order chi connectivity index (χ1) is 6.79. The topological polar surface area (TPSA) is 36.4 Å². The molecule has 1 aromatic rings. The number of aliphatic hydroxyl groups is 1. The van der Waals surface area contributed by atoms with Gasteiger partial charge in [-0.05, 0) is 33.0 Å². The van der Waals surface area contributed by atoms with E-state index in [0.717, 1.165) is 5.69 Å². The zero-order valence-electron chi connectivity index (χ0n) is 8.44. The van der Waals surface area contributed by atoms with Gasteiger partial charge in [0, 0.05) is 11.3 Å². The summed E-state index contributed by atoms with van der Waals surface area (Å²) in [6, 6.07) is 0. The third kappa shape index (κ3) is 2.13. The van der Waals surface area contributed by atoms with Crippen molar-refractivity contribution < 1.29 is 5.11 Å². The summed E-state index contributed by atoms with van der Waals surface area (Å²) in [4.78, 5) is 6.79. The lowest BCUT2D eigenvalue weighted by Gasteiger charge is -2.27. The highest BCUT2D eigenvalue weighted by Gasteiger charge is 2.20. The Labute approximate surface area is 88.4 Å². The quantitative estimate of drug-likeness (QED) is 0.806. The van der Waals surface area contributed by atoms with Gasteiger partial charge in [-0.25, -0.2) is 4.98 Å². The van der Waals surface area contributed by atoms with Crippen LogP contribution in [-0.4, -0.2) is 35.1 Å². The van der Waals surface area contributed by atoms with E-state index in [0.29, 0.717) is 5.92 Å². The number of hydrogen-bond donors (Lipinski definition) is 1. The molecule has 1 aliphatic heterocycles. The third-order valence-corrected chi connectivity index (χ3v) is 3.86. The van der Waals surface area contributed by atoms with Crippen molar-refractivity contribution in [3.8, 4) is 0 Å². The lowest BCUT2D eigenvalue weighted by atomic mass is 9.98. The highest BCUT2D eigenvalue weighted by molar-refractivity contribution is 7.09. The van der Waals surface area contributed by atoms with Gasteiger partial charge < -0.3 is 10.0 Å². The molecule has 2 heterocycles. The summed E-state index contributed by atoms with van der Waals surface area (Å²) >= 11 is 1.69. The first-order valence-corrected chi connectivity index (χ1v) is 5.91. The van der Waals surface area contributed by atoms with Crippen LogP contribution in [0, 0.1) is 0 Å². The Morgan fingerprint density at radius 2 is 2.29 bits per heavy atom. The van der Waals surface area contributed by atoms with Gasteiger partial charge in [0.15, 0.2) is 0 Å². The standard InChI is InChI=1S/C10H16N2OS/c1-12-4-2-8(3-5-12)10-11-9(6-13)7-14-10/h7-8,13H,2-6H2,1H3. The van der Waals surface area contributed by atoms with E-state index in [2.05, 4.69) is 16.9 Å². The molecule has 0 aromatic carbocycles. The van der Waals surface area contributed by atoms with Crippen molar-refractivity contribution in [3.63, 3.8) is 0 Å². The number of likely N-dealkylation sites (tertiary alicyclic amines) is 1. The number of piperidine rings is 1. The van der Waals surface area contributed by atoms with Crippen LogP contribution in [0.1, 0.15) is 29.5 Å². The molecule has 0 unspecified atom stereocenters. The van der Waals surface area contributed by atoms with Gasteiger partial charge in [-0.15, -0.1) is 11.3 Å². The van der Waals surface area contributed by atoms with Crippen LogP contribution >= 0.6 is 11.3 Å². The number of hydrogen-bond acceptors (Lipinski definition) is 4. The molecule has 1 saturated heterocycles. The average molecular weight is 212 g/mol. The second-order valence-corrected chi connectivity index (χ2v) is 4.80. The number of nitrogens with zero attached hydrogens (tertiary/aromatic N) is 2. The summed E-state index contributed by atoms with van der Waals surface area (Å²) in [5.41, 5.74) is 0.823. The summed E-state index contributed by atoms with van der Waals surface area (Å²) in [6.45, 7) is 2.40. The number of aliphatic hydroxyl groups excluding tert-OH is 1. The molecule has 0 amide bonds. The van der Waals surface area contributed by atoms with Crippen LogP contribution in [0.3, 0.4) is 0 Å². The van der Waals surface area contributed by atoms with Gasteiger partial charge in [0.1, 0.15) is 0 Å². The molecule has 0 radical (unpaired) electrons. The van der Waals surface area contributed by atoms with Gasteiger partial charge in [-0.1, -0.05) is 0 Å². The lowest BCUT2D eigenvalue weighted by molar-refractivity contribution is 0.253. The number of thiazole rings is 1. The van der Waals surface area contributed by atoms with E-state index < -0.39 is 0 Å². The summed E-state index contributed by atoms with van der Waals surface area (Å²) in [6.07, 6.45) is 2.41. The molecular weight excluding hydrogens is 196 g/mol. The fourth-order valence-electron chi connectivity index (χ4n) is 1.84. The molecule has 2 rings (SSSR count). The molecule has 78 valence electrons. The van der Waals surface area contributed by atoms with Gasteiger partial charge >= 0.3 is 0 Å². The van der Waals surface area contributed by atoms with E-state index in [9.17, 15) is 0 Å². The zero-order chi connectivity index (χ0) is 9.97. The Bertz CT molecular complexity index is 292. The Hall–Kier alpha value is -0.450. The summed E-state index contributed by atoms with van der Waals surface area (Å²) in [5.74, 6) is 0.622. The number of aromatic nitrogens is 1. The smallest absolute Gasteiger partial charge is 0.0961 e. The molecule has 1 N–H and O–H groups in total. The summed E-state index contributed by atoms with van der Waals surface area (Å²) in [7, 11) is 2.16. The van der Waals surface area contributed by atoms with Gasteiger partial charge in [0.2, 0.25) is 0 Å². The summed E-state index contributed by atoms with van der Waals surface area (Å²) < 4.78 is 0. The molecule has 0 saturated carbocycles. The molecule has 0 aliphatic carbocycles. The van der Waals surface area contributed by atoms with Gasteiger partial charge in [-0.2, -0.15) is 0 Å². The monoisotopic (exact) mass is 212 g/mol. The minimum Gasteiger partial charge on any atom is -0.390 e. The maximum atomic E-state index is 8.93.